The van der Waals surface area contributed by atoms with E-state index < -0.39 is 0 Å². The Kier molecular flexibility index (Phi) is 3.39. The number of aromatic nitrogens is 1. The SMILES string of the molecule is Clc1cncc(CBr)c1-c1ccccc1. The average Bonchev–Trinajstić information content (AvgIpc) is 2.29. The molecule has 0 spiro atoms. The van der Waals surface area contributed by atoms with Crippen molar-refractivity contribution in [2.24, 2.45) is 0 Å². The summed E-state index contributed by atoms with van der Waals surface area (Å²) in [5, 5.41) is 1.45. The van der Waals surface area contributed by atoms with Gasteiger partial charge in [0.25, 0.3) is 0 Å². The van der Waals surface area contributed by atoms with Gasteiger partial charge in [-0.2, -0.15) is 0 Å². The van der Waals surface area contributed by atoms with Gasteiger partial charge >= 0.3 is 0 Å². The lowest BCUT2D eigenvalue weighted by Gasteiger charge is -2.08. The zero-order valence-electron chi connectivity index (χ0n) is 7.95. The second-order valence-electron chi connectivity index (χ2n) is 3.16. The molecule has 0 atom stereocenters. The van der Waals surface area contributed by atoms with Gasteiger partial charge in [-0.3, -0.25) is 4.98 Å². The van der Waals surface area contributed by atoms with E-state index in [9.17, 15) is 0 Å². The van der Waals surface area contributed by atoms with Crippen molar-refractivity contribution in [1.82, 2.24) is 4.98 Å². The molecule has 2 rings (SSSR count). The normalized spacial score (nSPS) is 10.3. The van der Waals surface area contributed by atoms with Crippen molar-refractivity contribution in [3.63, 3.8) is 0 Å². The van der Waals surface area contributed by atoms with E-state index >= 15 is 0 Å². The Hall–Kier alpha value is -0.860. The molecular formula is C12H9BrClN. The van der Waals surface area contributed by atoms with E-state index in [0.29, 0.717) is 5.02 Å². The summed E-state index contributed by atoms with van der Waals surface area (Å²) in [7, 11) is 0. The summed E-state index contributed by atoms with van der Waals surface area (Å²) in [6.45, 7) is 0. The second-order valence-corrected chi connectivity index (χ2v) is 4.12. The third kappa shape index (κ3) is 2.21. The fourth-order valence-electron chi connectivity index (χ4n) is 1.50. The topological polar surface area (TPSA) is 12.9 Å². The first-order valence-electron chi connectivity index (χ1n) is 4.56. The van der Waals surface area contributed by atoms with E-state index in [1.54, 1.807) is 6.20 Å². The molecule has 0 aliphatic heterocycles. The van der Waals surface area contributed by atoms with Crippen LogP contribution in [-0.4, -0.2) is 4.98 Å². The van der Waals surface area contributed by atoms with Crippen LogP contribution in [0.4, 0.5) is 0 Å². The van der Waals surface area contributed by atoms with E-state index in [1.807, 2.05) is 36.5 Å². The molecule has 3 heteroatoms. The minimum atomic E-state index is 0.693. The van der Waals surface area contributed by atoms with Crippen molar-refractivity contribution in [2.45, 2.75) is 5.33 Å². The van der Waals surface area contributed by atoms with Crippen molar-refractivity contribution in [2.75, 3.05) is 0 Å². The number of alkyl halides is 1. The van der Waals surface area contributed by atoms with E-state index in [-0.39, 0.29) is 0 Å². The number of pyridine rings is 1. The minimum absolute atomic E-state index is 0.693. The molecule has 1 aromatic heterocycles. The van der Waals surface area contributed by atoms with E-state index in [4.69, 9.17) is 11.6 Å². The van der Waals surface area contributed by atoms with E-state index in [0.717, 1.165) is 22.0 Å². The summed E-state index contributed by atoms with van der Waals surface area (Å²) < 4.78 is 0. The molecule has 0 aliphatic carbocycles. The maximum atomic E-state index is 6.16. The molecule has 0 radical (unpaired) electrons. The fourth-order valence-corrected chi connectivity index (χ4v) is 2.22. The molecule has 0 bridgehead atoms. The first-order valence-corrected chi connectivity index (χ1v) is 6.06. The van der Waals surface area contributed by atoms with Gasteiger partial charge in [0, 0.05) is 23.3 Å². The summed E-state index contributed by atoms with van der Waals surface area (Å²) in [6, 6.07) is 10.1. The van der Waals surface area contributed by atoms with Crippen LogP contribution in [0.15, 0.2) is 42.7 Å². The molecule has 76 valence electrons. The third-order valence-electron chi connectivity index (χ3n) is 2.18. The highest BCUT2D eigenvalue weighted by molar-refractivity contribution is 9.08. The molecule has 2 aromatic rings. The predicted octanol–water partition coefficient (Wildman–Crippen LogP) is 4.30. The first-order chi connectivity index (χ1) is 7.33. The average molecular weight is 283 g/mol. The van der Waals surface area contributed by atoms with Gasteiger partial charge in [-0.1, -0.05) is 57.9 Å². The zero-order chi connectivity index (χ0) is 10.7. The highest BCUT2D eigenvalue weighted by atomic mass is 79.9. The third-order valence-corrected chi connectivity index (χ3v) is 3.08. The molecular weight excluding hydrogens is 273 g/mol. The predicted molar refractivity (Wildman–Crippen MR) is 67.3 cm³/mol. The Morgan fingerprint density at radius 3 is 2.53 bits per heavy atom. The van der Waals surface area contributed by atoms with Crippen molar-refractivity contribution in [3.05, 3.63) is 53.3 Å². The molecule has 1 heterocycles. The van der Waals surface area contributed by atoms with Crippen molar-refractivity contribution >= 4 is 27.5 Å². The Morgan fingerprint density at radius 1 is 1.13 bits per heavy atom. The van der Waals surface area contributed by atoms with Crippen molar-refractivity contribution in [3.8, 4) is 11.1 Å². The molecule has 0 saturated heterocycles. The van der Waals surface area contributed by atoms with Crippen LogP contribution >= 0.6 is 27.5 Å². The number of rotatable bonds is 2. The Morgan fingerprint density at radius 2 is 1.87 bits per heavy atom. The maximum Gasteiger partial charge on any atom is 0.0670 e. The van der Waals surface area contributed by atoms with Gasteiger partial charge in [0.05, 0.1) is 5.02 Å². The van der Waals surface area contributed by atoms with Gasteiger partial charge < -0.3 is 0 Å². The minimum Gasteiger partial charge on any atom is -0.263 e. The van der Waals surface area contributed by atoms with Crippen molar-refractivity contribution < 1.29 is 0 Å². The van der Waals surface area contributed by atoms with Crippen LogP contribution in [0.2, 0.25) is 5.02 Å². The largest absolute Gasteiger partial charge is 0.263 e. The first kappa shape index (κ1) is 10.7. The van der Waals surface area contributed by atoms with Gasteiger partial charge in [-0.25, -0.2) is 0 Å². The fraction of sp³-hybridized carbons (Fsp3) is 0.0833. The lowest BCUT2D eigenvalue weighted by atomic mass is 10.0. The van der Waals surface area contributed by atoms with Gasteiger partial charge in [0.15, 0.2) is 0 Å². The van der Waals surface area contributed by atoms with E-state index in [2.05, 4.69) is 20.9 Å². The molecule has 0 saturated carbocycles. The highest BCUT2D eigenvalue weighted by Gasteiger charge is 2.08. The molecule has 0 unspecified atom stereocenters. The molecule has 1 aromatic carbocycles. The molecule has 0 aliphatic rings. The van der Waals surface area contributed by atoms with E-state index in [1.165, 1.54) is 0 Å². The molecule has 0 N–H and O–H groups in total. The summed E-state index contributed by atoms with van der Waals surface area (Å²) in [5.41, 5.74) is 3.29. The molecule has 15 heavy (non-hydrogen) atoms. The van der Waals surface area contributed by atoms with Crippen LogP contribution in [0, 0.1) is 0 Å². The Balaban J connectivity index is 2.61. The maximum absolute atomic E-state index is 6.16. The summed E-state index contributed by atoms with van der Waals surface area (Å²) in [4.78, 5) is 4.08. The molecule has 0 fully saturated rings. The lowest BCUT2D eigenvalue weighted by molar-refractivity contribution is 1.26. The van der Waals surface area contributed by atoms with Gasteiger partial charge in [-0.15, -0.1) is 0 Å². The van der Waals surface area contributed by atoms with Gasteiger partial charge in [0.1, 0.15) is 0 Å². The second kappa shape index (κ2) is 4.77. The zero-order valence-corrected chi connectivity index (χ0v) is 10.3. The number of hydrogen-bond donors (Lipinski definition) is 0. The molecule has 0 amide bonds. The molecule has 1 nitrogen and oxygen atoms in total. The standard InChI is InChI=1S/C12H9BrClN/c13-6-10-7-15-8-11(14)12(10)9-4-2-1-3-5-9/h1-5,7-8H,6H2. The van der Waals surface area contributed by atoms with Crippen LogP contribution in [0.5, 0.6) is 0 Å². The van der Waals surface area contributed by atoms with Gasteiger partial charge in [-0.05, 0) is 11.1 Å². The lowest BCUT2D eigenvalue weighted by Crippen LogP contribution is -1.89. The summed E-state index contributed by atoms with van der Waals surface area (Å²) in [5.74, 6) is 0. The van der Waals surface area contributed by atoms with Crippen molar-refractivity contribution in [1.29, 1.82) is 0 Å². The number of hydrogen-bond acceptors (Lipinski definition) is 1. The van der Waals surface area contributed by atoms with Gasteiger partial charge in [0.2, 0.25) is 0 Å². The van der Waals surface area contributed by atoms with Crippen LogP contribution in [0.25, 0.3) is 11.1 Å². The Bertz CT molecular complexity index is 456. The number of benzene rings is 1. The quantitative estimate of drug-likeness (QED) is 0.749. The van der Waals surface area contributed by atoms with Crippen LogP contribution in [-0.2, 0) is 5.33 Å². The number of halogens is 2. The summed E-state index contributed by atoms with van der Waals surface area (Å²) in [6.07, 6.45) is 3.51. The highest BCUT2D eigenvalue weighted by Crippen LogP contribution is 2.31. The number of nitrogens with zero attached hydrogens (tertiary/aromatic N) is 1. The monoisotopic (exact) mass is 281 g/mol. The summed E-state index contributed by atoms with van der Waals surface area (Å²) >= 11 is 9.60. The Labute approximate surface area is 102 Å². The van der Waals surface area contributed by atoms with Crippen LogP contribution in [0.3, 0.4) is 0 Å². The smallest absolute Gasteiger partial charge is 0.0670 e. The van der Waals surface area contributed by atoms with Crippen LogP contribution in [0.1, 0.15) is 5.56 Å². The van der Waals surface area contributed by atoms with Crippen LogP contribution < -0.4 is 0 Å².